The first kappa shape index (κ1) is 19.5. The van der Waals surface area contributed by atoms with E-state index in [2.05, 4.69) is 10.5 Å². The predicted octanol–water partition coefficient (Wildman–Crippen LogP) is 2.90. The molecule has 144 valence electrons. The van der Waals surface area contributed by atoms with Gasteiger partial charge in [0.1, 0.15) is 12.4 Å². The number of anilines is 1. The number of rotatable bonds is 6. The number of hydrogen-bond donors (Lipinski definition) is 1. The largest absolute Gasteiger partial charge is 0.271 e. The summed E-state index contributed by atoms with van der Waals surface area (Å²) in [5, 5.41) is 5.95. The number of halogens is 1. The number of sulfonamides is 1. The monoisotopic (exact) mass is 399 g/mol. The molecule has 0 saturated carbocycles. The molecule has 6 nitrogen and oxygen atoms in total. The minimum atomic E-state index is -3.73. The van der Waals surface area contributed by atoms with Gasteiger partial charge in [-0.25, -0.2) is 18.2 Å². The summed E-state index contributed by atoms with van der Waals surface area (Å²) >= 11 is 0. The van der Waals surface area contributed by atoms with Gasteiger partial charge in [0.2, 0.25) is 10.0 Å². The Morgan fingerprint density at radius 3 is 2.46 bits per heavy atom. The third-order valence-corrected chi connectivity index (χ3v) is 5.16. The van der Waals surface area contributed by atoms with Gasteiger partial charge in [-0.05, 0) is 35.0 Å². The maximum Gasteiger partial charge on any atom is 0.260 e. The van der Waals surface area contributed by atoms with Gasteiger partial charge >= 0.3 is 0 Å². The van der Waals surface area contributed by atoms with Crippen molar-refractivity contribution in [2.45, 2.75) is 0 Å². The number of fused-ring (bicyclic) bond motifs is 1. The van der Waals surface area contributed by atoms with Crippen molar-refractivity contribution < 1.29 is 17.6 Å². The van der Waals surface area contributed by atoms with Crippen molar-refractivity contribution in [1.82, 2.24) is 5.43 Å². The third kappa shape index (κ3) is 4.72. The molecule has 0 aliphatic heterocycles. The quantitative estimate of drug-likeness (QED) is 0.511. The first-order valence-corrected chi connectivity index (χ1v) is 10.2. The molecule has 0 unspecified atom stereocenters. The van der Waals surface area contributed by atoms with Gasteiger partial charge in [0, 0.05) is 5.56 Å². The summed E-state index contributed by atoms with van der Waals surface area (Å²) < 4.78 is 38.0. The van der Waals surface area contributed by atoms with Gasteiger partial charge in [-0.15, -0.1) is 0 Å². The number of amides is 1. The van der Waals surface area contributed by atoms with Crippen LogP contribution in [0.2, 0.25) is 0 Å². The Labute approximate surface area is 162 Å². The van der Waals surface area contributed by atoms with Gasteiger partial charge in [0.15, 0.2) is 0 Å². The van der Waals surface area contributed by atoms with E-state index in [9.17, 15) is 17.6 Å². The highest BCUT2D eigenvalue weighted by Crippen LogP contribution is 2.18. The number of hydrogen-bond acceptors (Lipinski definition) is 4. The van der Waals surface area contributed by atoms with Crippen LogP contribution in [0.15, 0.2) is 71.8 Å². The van der Waals surface area contributed by atoms with Crippen molar-refractivity contribution in [1.29, 1.82) is 0 Å². The predicted molar refractivity (Wildman–Crippen MR) is 108 cm³/mol. The van der Waals surface area contributed by atoms with Crippen LogP contribution in [-0.4, -0.2) is 33.3 Å². The minimum Gasteiger partial charge on any atom is -0.271 e. The average Bonchev–Trinajstić information content (AvgIpc) is 2.66. The van der Waals surface area contributed by atoms with Gasteiger partial charge in [-0.3, -0.25) is 9.10 Å². The van der Waals surface area contributed by atoms with Crippen LogP contribution < -0.4 is 9.73 Å². The summed E-state index contributed by atoms with van der Waals surface area (Å²) in [7, 11) is -3.73. The van der Waals surface area contributed by atoms with Crippen LogP contribution in [0.4, 0.5) is 10.1 Å². The van der Waals surface area contributed by atoms with Crippen LogP contribution in [0.3, 0.4) is 0 Å². The van der Waals surface area contributed by atoms with E-state index < -0.39 is 28.3 Å². The first-order chi connectivity index (χ1) is 13.3. The number of nitrogens with one attached hydrogen (secondary N) is 1. The van der Waals surface area contributed by atoms with Crippen LogP contribution in [0.1, 0.15) is 5.56 Å². The van der Waals surface area contributed by atoms with Crippen molar-refractivity contribution in [2.75, 3.05) is 17.1 Å². The molecule has 3 aromatic carbocycles. The van der Waals surface area contributed by atoms with E-state index in [0.717, 1.165) is 39.0 Å². The molecule has 0 heterocycles. The molecule has 0 spiro atoms. The zero-order chi connectivity index (χ0) is 20.1. The third-order valence-electron chi connectivity index (χ3n) is 4.02. The van der Waals surface area contributed by atoms with Crippen molar-refractivity contribution in [3.8, 4) is 0 Å². The normalized spacial score (nSPS) is 11.6. The molecule has 3 aromatic rings. The van der Waals surface area contributed by atoms with Gasteiger partial charge in [0.25, 0.3) is 5.91 Å². The molecule has 3 rings (SSSR count). The number of benzene rings is 3. The number of nitrogens with zero attached hydrogens (tertiary/aromatic N) is 2. The molecule has 8 heteroatoms. The Hall–Kier alpha value is -3.26. The smallest absolute Gasteiger partial charge is 0.260 e. The number of carbonyl (C=O) groups excluding carboxylic acids is 1. The van der Waals surface area contributed by atoms with Crippen LogP contribution in [0.5, 0.6) is 0 Å². The summed E-state index contributed by atoms with van der Waals surface area (Å²) in [6.07, 6.45) is 2.48. The topological polar surface area (TPSA) is 78.8 Å². The lowest BCUT2D eigenvalue weighted by atomic mass is 10.1. The molecule has 0 bridgehead atoms. The fraction of sp³-hybridized carbons (Fsp3) is 0.100. The van der Waals surface area contributed by atoms with Crippen LogP contribution >= 0.6 is 0 Å². The first-order valence-electron chi connectivity index (χ1n) is 8.37. The second kappa shape index (κ2) is 8.18. The second-order valence-electron chi connectivity index (χ2n) is 6.11. The molecule has 1 amide bonds. The molecular weight excluding hydrogens is 381 g/mol. The molecule has 0 aliphatic carbocycles. The van der Waals surface area contributed by atoms with E-state index in [1.54, 1.807) is 0 Å². The molecule has 0 radical (unpaired) electrons. The summed E-state index contributed by atoms with van der Waals surface area (Å²) in [5.41, 5.74) is 3.34. The highest BCUT2D eigenvalue weighted by atomic mass is 32.2. The average molecular weight is 399 g/mol. The van der Waals surface area contributed by atoms with Crippen LogP contribution in [0.25, 0.3) is 10.8 Å². The summed E-state index contributed by atoms with van der Waals surface area (Å²) in [6, 6.07) is 18.3. The van der Waals surface area contributed by atoms with Gasteiger partial charge < -0.3 is 0 Å². The second-order valence-corrected chi connectivity index (χ2v) is 8.01. The minimum absolute atomic E-state index is 0.192. The lowest BCUT2D eigenvalue weighted by Gasteiger charge is -2.21. The maximum atomic E-state index is 13.1. The van der Waals surface area contributed by atoms with E-state index in [-0.39, 0.29) is 5.69 Å². The van der Waals surface area contributed by atoms with Crippen molar-refractivity contribution in [3.05, 3.63) is 78.1 Å². The molecule has 0 atom stereocenters. The van der Waals surface area contributed by atoms with Crippen LogP contribution in [-0.2, 0) is 14.8 Å². The summed E-state index contributed by atoms with van der Waals surface area (Å²) in [4.78, 5) is 12.2. The highest BCUT2D eigenvalue weighted by Gasteiger charge is 2.20. The Bertz CT molecular complexity index is 1120. The lowest BCUT2D eigenvalue weighted by molar-refractivity contribution is -0.119. The van der Waals surface area contributed by atoms with Gasteiger partial charge in [-0.1, -0.05) is 42.5 Å². The fourth-order valence-corrected chi connectivity index (χ4v) is 3.57. The lowest BCUT2D eigenvalue weighted by Crippen LogP contribution is -2.39. The standard InChI is InChI=1S/C20H18FN3O3S/c1-28(26,27)24(18-11-9-17(21)10-12-18)14-20(25)23-22-13-16-7-4-6-15-5-2-3-8-19(15)16/h2-13H,14H2,1H3,(H,23,25)/b22-13-. The Morgan fingerprint density at radius 1 is 1.07 bits per heavy atom. The van der Waals surface area contributed by atoms with Crippen LogP contribution in [0, 0.1) is 5.82 Å². The van der Waals surface area contributed by atoms with Gasteiger partial charge in [0.05, 0.1) is 18.2 Å². The van der Waals surface area contributed by atoms with Crippen molar-refractivity contribution in [3.63, 3.8) is 0 Å². The zero-order valence-electron chi connectivity index (χ0n) is 15.0. The summed E-state index contributed by atoms with van der Waals surface area (Å²) in [6.45, 7) is -0.475. The Morgan fingerprint density at radius 2 is 1.75 bits per heavy atom. The summed E-state index contributed by atoms with van der Waals surface area (Å²) in [5.74, 6) is -1.12. The van der Waals surface area contributed by atoms with E-state index in [4.69, 9.17) is 0 Å². The molecule has 1 N–H and O–H groups in total. The van der Waals surface area contributed by atoms with E-state index >= 15 is 0 Å². The molecule has 0 saturated heterocycles. The zero-order valence-corrected chi connectivity index (χ0v) is 15.9. The Kier molecular flexibility index (Phi) is 5.70. The SMILES string of the molecule is CS(=O)(=O)N(CC(=O)N/N=C\c1cccc2ccccc12)c1ccc(F)cc1. The molecule has 0 aromatic heterocycles. The Balaban J connectivity index is 1.73. The maximum absolute atomic E-state index is 13.1. The van der Waals surface area contributed by atoms with E-state index in [1.807, 2.05) is 42.5 Å². The van der Waals surface area contributed by atoms with Gasteiger partial charge in [-0.2, -0.15) is 5.10 Å². The van der Waals surface area contributed by atoms with E-state index in [0.29, 0.717) is 0 Å². The van der Waals surface area contributed by atoms with E-state index in [1.165, 1.54) is 18.3 Å². The molecule has 28 heavy (non-hydrogen) atoms. The molecule has 0 fully saturated rings. The number of hydrazone groups is 1. The van der Waals surface area contributed by atoms with Crippen molar-refractivity contribution in [2.24, 2.45) is 5.10 Å². The molecular formula is C20H18FN3O3S. The number of carbonyl (C=O) groups is 1. The molecule has 0 aliphatic rings. The van der Waals surface area contributed by atoms with Crippen molar-refractivity contribution >= 4 is 38.6 Å². The highest BCUT2D eigenvalue weighted by molar-refractivity contribution is 7.92. The fourth-order valence-electron chi connectivity index (χ4n) is 2.71.